The molecule has 0 bridgehead atoms. The summed E-state index contributed by atoms with van der Waals surface area (Å²) in [5.41, 5.74) is 0.714. The van der Waals surface area contributed by atoms with Gasteiger partial charge in [-0.1, -0.05) is 40.3 Å². The van der Waals surface area contributed by atoms with Crippen LogP contribution < -0.4 is 15.5 Å². The van der Waals surface area contributed by atoms with Crippen molar-refractivity contribution in [3.05, 3.63) is 28.7 Å². The summed E-state index contributed by atoms with van der Waals surface area (Å²) < 4.78 is 0.910. The van der Waals surface area contributed by atoms with Crippen molar-refractivity contribution in [1.29, 1.82) is 0 Å². The Kier molecular flexibility index (Phi) is 5.12. The number of hydrogen-bond acceptors (Lipinski definition) is 5. The third-order valence-electron chi connectivity index (χ3n) is 3.64. The molecular weight excluding hydrogens is 378 g/mol. The monoisotopic (exact) mass is 395 g/mol. The van der Waals surface area contributed by atoms with Gasteiger partial charge in [0.2, 0.25) is 10.3 Å². The first-order valence-corrected chi connectivity index (χ1v) is 9.13. The topological polar surface area (TPSA) is 70.2 Å². The molecule has 3 rings (SSSR count). The summed E-state index contributed by atoms with van der Waals surface area (Å²) >= 11 is 4.78. The summed E-state index contributed by atoms with van der Waals surface area (Å²) in [5.74, 6) is 0.670. The fourth-order valence-corrected chi connectivity index (χ4v) is 3.76. The normalized spacial score (nSPS) is 17.8. The van der Waals surface area contributed by atoms with Gasteiger partial charge in [-0.05, 0) is 37.0 Å². The summed E-state index contributed by atoms with van der Waals surface area (Å²) in [7, 11) is 0. The van der Waals surface area contributed by atoms with Crippen molar-refractivity contribution in [3.8, 4) is 0 Å². The van der Waals surface area contributed by atoms with Crippen LogP contribution in [0.1, 0.15) is 19.8 Å². The van der Waals surface area contributed by atoms with Crippen LogP contribution in [0.25, 0.3) is 0 Å². The van der Waals surface area contributed by atoms with Crippen molar-refractivity contribution >= 4 is 49.2 Å². The lowest BCUT2D eigenvalue weighted by Gasteiger charge is -2.29. The van der Waals surface area contributed by atoms with Crippen LogP contribution in [0, 0.1) is 5.92 Å². The molecule has 0 saturated carbocycles. The number of urea groups is 1. The molecule has 0 radical (unpaired) electrons. The summed E-state index contributed by atoms with van der Waals surface area (Å²) in [4.78, 5) is 14.3. The van der Waals surface area contributed by atoms with Gasteiger partial charge in [0.15, 0.2) is 0 Å². The van der Waals surface area contributed by atoms with Crippen LogP contribution in [0.2, 0.25) is 0 Å². The number of hydrogen-bond donors (Lipinski definition) is 2. The van der Waals surface area contributed by atoms with Crippen LogP contribution in [0.15, 0.2) is 28.7 Å². The maximum atomic E-state index is 12.0. The van der Waals surface area contributed by atoms with Crippen molar-refractivity contribution in [2.45, 2.75) is 19.8 Å². The molecule has 8 heteroatoms. The number of piperidine rings is 1. The summed E-state index contributed by atoms with van der Waals surface area (Å²) in [6, 6.07) is 7.10. The maximum Gasteiger partial charge on any atom is 0.325 e. The van der Waals surface area contributed by atoms with E-state index in [0.717, 1.165) is 22.7 Å². The van der Waals surface area contributed by atoms with Crippen molar-refractivity contribution in [2.24, 2.45) is 5.92 Å². The van der Waals surface area contributed by atoms with Gasteiger partial charge >= 0.3 is 6.03 Å². The van der Waals surface area contributed by atoms with E-state index in [-0.39, 0.29) is 6.03 Å². The lowest BCUT2D eigenvalue weighted by atomic mass is 10.0. The number of rotatable bonds is 3. The molecule has 1 aromatic carbocycles. The molecule has 1 unspecified atom stereocenters. The van der Waals surface area contributed by atoms with E-state index in [4.69, 9.17) is 0 Å². The molecule has 2 N–H and O–H groups in total. The number of carbonyl (C=O) groups excluding carboxylic acids is 1. The third kappa shape index (κ3) is 4.42. The Labute approximate surface area is 147 Å². The standard InChI is InChI=1S/C15H18BrN5OS/c1-10-4-3-7-21(9-10)15-20-19-14(23-15)18-13(22)17-12-6-2-5-11(16)8-12/h2,5-6,8,10H,3-4,7,9H2,1H3,(H2,17,18,19,22). The number of anilines is 3. The molecule has 1 aliphatic heterocycles. The van der Waals surface area contributed by atoms with E-state index in [1.807, 2.05) is 24.3 Å². The number of halogens is 1. The number of carbonyl (C=O) groups is 1. The van der Waals surface area contributed by atoms with E-state index in [9.17, 15) is 4.79 Å². The van der Waals surface area contributed by atoms with E-state index in [1.165, 1.54) is 24.2 Å². The molecule has 23 heavy (non-hydrogen) atoms. The van der Waals surface area contributed by atoms with Gasteiger partial charge in [-0.2, -0.15) is 0 Å². The van der Waals surface area contributed by atoms with Gasteiger partial charge in [0.05, 0.1) is 0 Å². The predicted molar refractivity (Wildman–Crippen MR) is 97.3 cm³/mol. The second-order valence-electron chi connectivity index (χ2n) is 5.67. The molecule has 0 spiro atoms. The average molecular weight is 396 g/mol. The molecule has 1 atom stereocenters. The Balaban J connectivity index is 1.59. The fraction of sp³-hybridized carbons (Fsp3) is 0.400. The number of nitrogens with one attached hydrogen (secondary N) is 2. The van der Waals surface area contributed by atoms with Gasteiger partial charge in [-0.3, -0.25) is 5.32 Å². The van der Waals surface area contributed by atoms with Gasteiger partial charge in [0.25, 0.3) is 0 Å². The minimum absolute atomic E-state index is 0.321. The molecule has 2 amide bonds. The summed E-state index contributed by atoms with van der Waals surface area (Å²) in [6.45, 7) is 4.25. The molecule has 6 nitrogen and oxygen atoms in total. The smallest absolute Gasteiger partial charge is 0.325 e. The fourth-order valence-electron chi connectivity index (χ4n) is 2.58. The third-order valence-corrected chi connectivity index (χ3v) is 5.04. The Hall–Kier alpha value is -1.67. The first kappa shape index (κ1) is 16.2. The minimum atomic E-state index is -0.321. The van der Waals surface area contributed by atoms with Crippen molar-refractivity contribution < 1.29 is 4.79 Å². The Morgan fingerprint density at radius 3 is 3.04 bits per heavy atom. The lowest BCUT2D eigenvalue weighted by Crippen LogP contribution is -2.34. The van der Waals surface area contributed by atoms with Crippen molar-refractivity contribution in [2.75, 3.05) is 28.6 Å². The second kappa shape index (κ2) is 7.27. The highest BCUT2D eigenvalue weighted by Gasteiger charge is 2.20. The molecular formula is C15H18BrN5OS. The lowest BCUT2D eigenvalue weighted by molar-refractivity contribution is 0.262. The largest absolute Gasteiger partial charge is 0.346 e. The number of amides is 2. The van der Waals surface area contributed by atoms with Crippen molar-refractivity contribution in [1.82, 2.24) is 10.2 Å². The minimum Gasteiger partial charge on any atom is -0.346 e. The Morgan fingerprint density at radius 2 is 2.26 bits per heavy atom. The van der Waals surface area contributed by atoms with E-state index < -0.39 is 0 Å². The second-order valence-corrected chi connectivity index (χ2v) is 7.54. The van der Waals surface area contributed by atoms with Crippen LogP contribution in [0.4, 0.5) is 20.7 Å². The molecule has 0 aliphatic carbocycles. The van der Waals surface area contributed by atoms with Crippen molar-refractivity contribution in [3.63, 3.8) is 0 Å². The molecule has 122 valence electrons. The van der Waals surface area contributed by atoms with Crippen LogP contribution in [-0.2, 0) is 0 Å². The van der Waals surface area contributed by atoms with E-state index in [0.29, 0.717) is 16.7 Å². The molecule has 2 aromatic rings. The highest BCUT2D eigenvalue weighted by molar-refractivity contribution is 9.10. The van der Waals surface area contributed by atoms with Gasteiger partial charge in [-0.15, -0.1) is 10.2 Å². The zero-order valence-corrected chi connectivity index (χ0v) is 15.2. The van der Waals surface area contributed by atoms with E-state index in [1.54, 1.807) is 0 Å². The molecule has 1 aliphatic rings. The highest BCUT2D eigenvalue weighted by Crippen LogP contribution is 2.28. The Morgan fingerprint density at radius 1 is 1.39 bits per heavy atom. The number of aromatic nitrogens is 2. The first-order valence-electron chi connectivity index (χ1n) is 7.52. The maximum absolute atomic E-state index is 12.0. The van der Waals surface area contributed by atoms with Crippen LogP contribution in [0.5, 0.6) is 0 Å². The number of nitrogens with zero attached hydrogens (tertiary/aromatic N) is 3. The van der Waals surface area contributed by atoms with Gasteiger partial charge in [-0.25, -0.2) is 4.79 Å². The SMILES string of the molecule is CC1CCCN(c2nnc(NC(=O)Nc3cccc(Br)c3)s2)C1. The molecule has 1 saturated heterocycles. The highest BCUT2D eigenvalue weighted by atomic mass is 79.9. The zero-order chi connectivity index (χ0) is 16.2. The summed E-state index contributed by atoms with van der Waals surface area (Å²) in [5, 5.41) is 15.1. The van der Waals surface area contributed by atoms with Crippen LogP contribution in [0.3, 0.4) is 0 Å². The van der Waals surface area contributed by atoms with E-state index in [2.05, 4.69) is 48.6 Å². The van der Waals surface area contributed by atoms with Gasteiger partial charge in [0, 0.05) is 23.2 Å². The quantitative estimate of drug-likeness (QED) is 0.817. The summed E-state index contributed by atoms with van der Waals surface area (Å²) in [6.07, 6.45) is 2.43. The van der Waals surface area contributed by atoms with Gasteiger partial charge < -0.3 is 10.2 Å². The predicted octanol–water partition coefficient (Wildman–Crippen LogP) is 4.18. The molecule has 1 fully saturated rings. The van der Waals surface area contributed by atoms with Crippen LogP contribution in [-0.4, -0.2) is 29.3 Å². The van der Waals surface area contributed by atoms with Gasteiger partial charge in [0.1, 0.15) is 0 Å². The van der Waals surface area contributed by atoms with Crippen LogP contribution >= 0.6 is 27.3 Å². The average Bonchev–Trinajstić information content (AvgIpc) is 2.95. The Bertz CT molecular complexity index is 692. The molecule has 2 heterocycles. The number of benzene rings is 1. The zero-order valence-electron chi connectivity index (χ0n) is 12.8. The molecule has 1 aromatic heterocycles. The first-order chi connectivity index (χ1) is 11.1. The van der Waals surface area contributed by atoms with E-state index >= 15 is 0 Å².